The van der Waals surface area contributed by atoms with Crippen LogP contribution in [0.2, 0.25) is 0 Å². The molecule has 1 unspecified atom stereocenters. The molecule has 1 atom stereocenters. The molecule has 0 aliphatic carbocycles. The first-order chi connectivity index (χ1) is 9.76. The van der Waals surface area contributed by atoms with Gasteiger partial charge in [-0.2, -0.15) is 0 Å². The molecular formula is C18H30IN. The van der Waals surface area contributed by atoms with Crippen molar-refractivity contribution in [1.82, 2.24) is 5.32 Å². The zero-order valence-corrected chi connectivity index (χ0v) is 15.3. The van der Waals surface area contributed by atoms with Crippen LogP contribution in [0.4, 0.5) is 0 Å². The van der Waals surface area contributed by atoms with E-state index in [9.17, 15) is 0 Å². The highest BCUT2D eigenvalue weighted by atomic mass is 127. The average molecular weight is 387 g/mol. The number of benzene rings is 1. The Hall–Kier alpha value is -0.0900. The van der Waals surface area contributed by atoms with Crippen molar-refractivity contribution in [1.29, 1.82) is 0 Å². The van der Waals surface area contributed by atoms with Crippen LogP contribution in [0, 0.1) is 3.57 Å². The van der Waals surface area contributed by atoms with Crippen molar-refractivity contribution in [2.24, 2.45) is 0 Å². The van der Waals surface area contributed by atoms with Crippen LogP contribution < -0.4 is 5.32 Å². The molecule has 20 heavy (non-hydrogen) atoms. The van der Waals surface area contributed by atoms with Crippen LogP contribution in [0.25, 0.3) is 0 Å². The van der Waals surface area contributed by atoms with Gasteiger partial charge in [0.05, 0.1) is 0 Å². The molecule has 0 amide bonds. The summed E-state index contributed by atoms with van der Waals surface area (Å²) in [5, 5.41) is 3.47. The minimum absolute atomic E-state index is 0.630. The van der Waals surface area contributed by atoms with Crippen molar-refractivity contribution < 1.29 is 0 Å². The Labute approximate surface area is 139 Å². The van der Waals surface area contributed by atoms with E-state index in [4.69, 9.17) is 0 Å². The fraction of sp³-hybridized carbons (Fsp3) is 0.667. The van der Waals surface area contributed by atoms with Crippen molar-refractivity contribution in [3.63, 3.8) is 0 Å². The van der Waals surface area contributed by atoms with E-state index in [0.717, 1.165) is 6.42 Å². The third kappa shape index (κ3) is 8.25. The Morgan fingerprint density at radius 3 is 2.15 bits per heavy atom. The second kappa shape index (κ2) is 11.6. The molecule has 1 N–H and O–H groups in total. The highest BCUT2D eigenvalue weighted by Gasteiger charge is 2.06. The molecule has 114 valence electrons. The lowest BCUT2D eigenvalue weighted by atomic mass is 10.00. The lowest BCUT2D eigenvalue weighted by molar-refractivity contribution is 0.478. The number of halogens is 1. The summed E-state index contributed by atoms with van der Waals surface area (Å²) in [6.07, 6.45) is 12.2. The molecule has 0 spiro atoms. The third-order valence-electron chi connectivity index (χ3n) is 3.96. The number of hydrogen-bond acceptors (Lipinski definition) is 1. The zero-order chi connectivity index (χ0) is 14.6. The van der Waals surface area contributed by atoms with Crippen LogP contribution in [-0.2, 0) is 6.42 Å². The third-order valence-corrected chi connectivity index (χ3v) is 4.68. The summed E-state index contributed by atoms with van der Waals surface area (Å²) in [6.45, 7) is 2.28. The zero-order valence-electron chi connectivity index (χ0n) is 13.1. The second-order valence-electron chi connectivity index (χ2n) is 5.73. The van der Waals surface area contributed by atoms with Crippen LogP contribution in [0.5, 0.6) is 0 Å². The Kier molecular flexibility index (Phi) is 10.4. The van der Waals surface area contributed by atoms with Gasteiger partial charge in [0.25, 0.3) is 0 Å². The molecule has 1 aromatic carbocycles. The Balaban J connectivity index is 2.14. The van der Waals surface area contributed by atoms with Gasteiger partial charge in [-0.1, -0.05) is 64.0 Å². The molecule has 0 heterocycles. The molecular weight excluding hydrogens is 357 g/mol. The maximum absolute atomic E-state index is 3.47. The Bertz CT molecular complexity index is 334. The van der Waals surface area contributed by atoms with E-state index >= 15 is 0 Å². The van der Waals surface area contributed by atoms with Gasteiger partial charge in [0.2, 0.25) is 0 Å². The van der Waals surface area contributed by atoms with Crippen molar-refractivity contribution in [2.45, 2.75) is 70.8 Å². The normalized spacial score (nSPS) is 12.6. The van der Waals surface area contributed by atoms with Gasteiger partial charge >= 0.3 is 0 Å². The number of likely N-dealkylation sites (N-methyl/N-ethyl adjacent to an activating group) is 1. The van der Waals surface area contributed by atoms with E-state index < -0.39 is 0 Å². The summed E-state index contributed by atoms with van der Waals surface area (Å²) in [6, 6.07) is 9.56. The predicted molar refractivity (Wildman–Crippen MR) is 98.3 cm³/mol. The van der Waals surface area contributed by atoms with E-state index in [0.29, 0.717) is 6.04 Å². The molecule has 2 heteroatoms. The Morgan fingerprint density at radius 1 is 0.950 bits per heavy atom. The van der Waals surface area contributed by atoms with Gasteiger partial charge in [-0.15, -0.1) is 0 Å². The average Bonchev–Trinajstić information content (AvgIpc) is 2.47. The van der Waals surface area contributed by atoms with Crippen LogP contribution in [0.15, 0.2) is 24.3 Å². The molecule has 0 radical (unpaired) electrons. The monoisotopic (exact) mass is 387 g/mol. The summed E-state index contributed by atoms with van der Waals surface area (Å²) < 4.78 is 1.32. The van der Waals surface area contributed by atoms with E-state index in [1.807, 2.05) is 0 Å². The summed E-state index contributed by atoms with van der Waals surface area (Å²) in [5.74, 6) is 0. The number of nitrogens with one attached hydrogen (secondary N) is 1. The van der Waals surface area contributed by atoms with Crippen molar-refractivity contribution >= 4 is 22.6 Å². The second-order valence-corrected chi connectivity index (χ2v) is 6.97. The molecule has 0 aromatic heterocycles. The number of unbranched alkanes of at least 4 members (excludes halogenated alkanes) is 6. The first-order valence-electron chi connectivity index (χ1n) is 8.18. The fourth-order valence-electron chi connectivity index (χ4n) is 2.60. The predicted octanol–water partition coefficient (Wildman–Crippen LogP) is 5.56. The van der Waals surface area contributed by atoms with Crippen molar-refractivity contribution in [2.75, 3.05) is 7.05 Å². The quantitative estimate of drug-likeness (QED) is 0.387. The molecule has 1 nitrogen and oxygen atoms in total. The number of hydrogen-bond donors (Lipinski definition) is 1. The SMILES string of the molecule is CCCCCCCCCC(Cc1ccc(I)cc1)NC. The summed E-state index contributed by atoms with van der Waals surface area (Å²) >= 11 is 2.36. The van der Waals surface area contributed by atoms with Crippen LogP contribution in [-0.4, -0.2) is 13.1 Å². The number of rotatable bonds is 11. The molecule has 0 fully saturated rings. The first kappa shape index (κ1) is 18.0. The van der Waals surface area contributed by atoms with Gasteiger partial charge in [0.1, 0.15) is 0 Å². The highest BCUT2D eigenvalue weighted by molar-refractivity contribution is 14.1. The minimum atomic E-state index is 0.630. The van der Waals surface area contributed by atoms with E-state index in [1.54, 1.807) is 0 Å². The van der Waals surface area contributed by atoms with Crippen LogP contribution in [0.1, 0.15) is 63.9 Å². The molecule has 1 rings (SSSR count). The standard InChI is InChI=1S/C18H30IN/c1-3-4-5-6-7-8-9-10-18(20-2)15-16-11-13-17(19)14-12-16/h11-14,18,20H,3-10,15H2,1-2H3. The minimum Gasteiger partial charge on any atom is -0.317 e. The smallest absolute Gasteiger partial charge is 0.0130 e. The van der Waals surface area contributed by atoms with Gasteiger partial charge in [0, 0.05) is 9.61 Å². The molecule has 0 saturated carbocycles. The summed E-state index contributed by atoms with van der Waals surface area (Å²) in [7, 11) is 2.10. The highest BCUT2D eigenvalue weighted by Crippen LogP contribution is 2.13. The van der Waals surface area contributed by atoms with Gasteiger partial charge in [-0.05, 0) is 60.2 Å². The topological polar surface area (TPSA) is 12.0 Å². The summed E-state index contributed by atoms with van der Waals surface area (Å²) in [4.78, 5) is 0. The molecule has 1 aromatic rings. The van der Waals surface area contributed by atoms with E-state index in [2.05, 4.69) is 66.1 Å². The van der Waals surface area contributed by atoms with Gasteiger partial charge < -0.3 is 5.32 Å². The van der Waals surface area contributed by atoms with Crippen molar-refractivity contribution in [3.8, 4) is 0 Å². The maximum Gasteiger partial charge on any atom is 0.0130 e. The molecule has 0 aliphatic heterocycles. The lowest BCUT2D eigenvalue weighted by Gasteiger charge is -2.16. The summed E-state index contributed by atoms with van der Waals surface area (Å²) in [5.41, 5.74) is 1.45. The van der Waals surface area contributed by atoms with Gasteiger partial charge in [0.15, 0.2) is 0 Å². The maximum atomic E-state index is 3.47. The van der Waals surface area contributed by atoms with Gasteiger partial charge in [-0.25, -0.2) is 0 Å². The molecule has 0 saturated heterocycles. The molecule has 0 bridgehead atoms. The van der Waals surface area contributed by atoms with E-state index in [-0.39, 0.29) is 0 Å². The van der Waals surface area contributed by atoms with Crippen LogP contribution >= 0.6 is 22.6 Å². The van der Waals surface area contributed by atoms with Crippen LogP contribution in [0.3, 0.4) is 0 Å². The lowest BCUT2D eigenvalue weighted by Crippen LogP contribution is -2.27. The van der Waals surface area contributed by atoms with Crippen molar-refractivity contribution in [3.05, 3.63) is 33.4 Å². The Morgan fingerprint density at radius 2 is 1.55 bits per heavy atom. The first-order valence-corrected chi connectivity index (χ1v) is 9.25. The largest absolute Gasteiger partial charge is 0.317 e. The molecule has 0 aliphatic rings. The fourth-order valence-corrected chi connectivity index (χ4v) is 2.96. The van der Waals surface area contributed by atoms with E-state index in [1.165, 1.54) is 60.5 Å². The van der Waals surface area contributed by atoms with Gasteiger partial charge in [-0.3, -0.25) is 0 Å².